The van der Waals surface area contributed by atoms with E-state index >= 15 is 0 Å². The Morgan fingerprint density at radius 1 is 1.38 bits per heavy atom. The maximum Gasteiger partial charge on any atom is 0.257 e. The van der Waals surface area contributed by atoms with E-state index in [9.17, 15) is 4.79 Å². The van der Waals surface area contributed by atoms with Crippen LogP contribution in [0.3, 0.4) is 0 Å². The Kier molecular flexibility index (Phi) is 3.82. The molecule has 0 radical (unpaired) electrons. The standard InChI is InChI=1S/C11H12BrClN2O/c12-8-6-9(10(13)14-7-8)11(16)15-4-2-1-3-5-15/h6-7H,1-5H2. The number of pyridine rings is 1. The Morgan fingerprint density at radius 2 is 2.06 bits per heavy atom. The fourth-order valence-corrected chi connectivity index (χ4v) is 2.36. The lowest BCUT2D eigenvalue weighted by Crippen LogP contribution is -2.35. The number of carbonyl (C=O) groups is 1. The third kappa shape index (κ3) is 2.55. The smallest absolute Gasteiger partial charge is 0.257 e. The van der Waals surface area contributed by atoms with Crippen molar-refractivity contribution in [1.82, 2.24) is 9.88 Å². The number of hydrogen-bond donors (Lipinski definition) is 0. The van der Waals surface area contributed by atoms with Gasteiger partial charge in [-0.25, -0.2) is 4.98 Å². The summed E-state index contributed by atoms with van der Waals surface area (Å²) in [4.78, 5) is 18.0. The van der Waals surface area contributed by atoms with E-state index < -0.39 is 0 Å². The molecule has 0 saturated carbocycles. The maximum absolute atomic E-state index is 12.2. The summed E-state index contributed by atoms with van der Waals surface area (Å²) in [5.41, 5.74) is 0.484. The molecular weight excluding hydrogens is 291 g/mol. The number of piperidine rings is 1. The minimum absolute atomic E-state index is 0.0153. The normalized spacial score (nSPS) is 16.2. The zero-order chi connectivity index (χ0) is 11.5. The average Bonchev–Trinajstić information content (AvgIpc) is 2.32. The quantitative estimate of drug-likeness (QED) is 0.747. The van der Waals surface area contributed by atoms with Gasteiger partial charge in [0.2, 0.25) is 0 Å². The fourth-order valence-electron chi connectivity index (χ4n) is 1.84. The van der Waals surface area contributed by atoms with Crippen LogP contribution < -0.4 is 0 Å². The summed E-state index contributed by atoms with van der Waals surface area (Å²) >= 11 is 9.23. The van der Waals surface area contributed by atoms with Crippen LogP contribution in [0.5, 0.6) is 0 Å². The molecule has 1 aliphatic rings. The van der Waals surface area contributed by atoms with Crippen molar-refractivity contribution in [2.75, 3.05) is 13.1 Å². The first-order valence-corrected chi connectivity index (χ1v) is 6.46. The van der Waals surface area contributed by atoms with E-state index in [1.165, 1.54) is 6.42 Å². The second-order valence-corrected chi connectivity index (χ2v) is 5.12. The zero-order valence-electron chi connectivity index (χ0n) is 8.75. The number of aromatic nitrogens is 1. The highest BCUT2D eigenvalue weighted by atomic mass is 79.9. The van der Waals surface area contributed by atoms with E-state index in [0.717, 1.165) is 30.4 Å². The van der Waals surface area contributed by atoms with E-state index in [1.54, 1.807) is 12.3 Å². The van der Waals surface area contributed by atoms with Gasteiger partial charge in [-0.2, -0.15) is 0 Å². The number of carbonyl (C=O) groups excluding carboxylic acids is 1. The largest absolute Gasteiger partial charge is 0.339 e. The molecule has 0 bridgehead atoms. The molecule has 0 aromatic carbocycles. The van der Waals surface area contributed by atoms with Crippen molar-refractivity contribution in [2.45, 2.75) is 19.3 Å². The van der Waals surface area contributed by atoms with Crippen LogP contribution in [0.25, 0.3) is 0 Å². The van der Waals surface area contributed by atoms with Crippen LogP contribution >= 0.6 is 27.5 Å². The third-order valence-corrected chi connectivity index (χ3v) is 3.41. The Labute approximate surface area is 108 Å². The average molecular weight is 304 g/mol. The summed E-state index contributed by atoms with van der Waals surface area (Å²) in [6.07, 6.45) is 4.94. The molecule has 1 saturated heterocycles. The maximum atomic E-state index is 12.2. The van der Waals surface area contributed by atoms with Crippen LogP contribution in [-0.4, -0.2) is 28.9 Å². The fraction of sp³-hybridized carbons (Fsp3) is 0.455. The lowest BCUT2D eigenvalue weighted by Gasteiger charge is -2.26. The van der Waals surface area contributed by atoms with Gasteiger partial charge < -0.3 is 4.90 Å². The summed E-state index contributed by atoms with van der Waals surface area (Å²) in [6.45, 7) is 1.64. The number of rotatable bonds is 1. The van der Waals surface area contributed by atoms with Gasteiger partial charge in [-0.1, -0.05) is 11.6 Å². The highest BCUT2D eigenvalue weighted by molar-refractivity contribution is 9.10. The molecular formula is C11H12BrClN2O. The van der Waals surface area contributed by atoms with Gasteiger partial charge in [0, 0.05) is 23.8 Å². The van der Waals surface area contributed by atoms with Crippen molar-refractivity contribution in [2.24, 2.45) is 0 Å². The van der Waals surface area contributed by atoms with Crippen molar-refractivity contribution in [3.05, 3.63) is 27.5 Å². The van der Waals surface area contributed by atoms with E-state index in [2.05, 4.69) is 20.9 Å². The van der Waals surface area contributed by atoms with Gasteiger partial charge in [0.15, 0.2) is 0 Å². The van der Waals surface area contributed by atoms with Crippen LogP contribution in [0.2, 0.25) is 5.15 Å². The molecule has 0 unspecified atom stereocenters. The molecule has 0 spiro atoms. The number of halogens is 2. The van der Waals surface area contributed by atoms with Crippen molar-refractivity contribution < 1.29 is 4.79 Å². The lowest BCUT2D eigenvalue weighted by atomic mass is 10.1. The van der Waals surface area contributed by atoms with Crippen molar-refractivity contribution in [3.8, 4) is 0 Å². The summed E-state index contributed by atoms with van der Waals surface area (Å²) in [5.74, 6) is -0.0153. The zero-order valence-corrected chi connectivity index (χ0v) is 11.1. The Bertz CT molecular complexity index is 405. The van der Waals surface area contributed by atoms with Crippen LogP contribution in [0.1, 0.15) is 29.6 Å². The van der Waals surface area contributed by atoms with Gasteiger partial charge in [-0.05, 0) is 41.3 Å². The van der Waals surface area contributed by atoms with Crippen LogP contribution in [0.4, 0.5) is 0 Å². The number of amides is 1. The van der Waals surface area contributed by atoms with Gasteiger partial charge in [-0.3, -0.25) is 4.79 Å². The molecule has 0 N–H and O–H groups in total. The van der Waals surface area contributed by atoms with E-state index in [4.69, 9.17) is 11.6 Å². The molecule has 1 aliphatic heterocycles. The molecule has 5 heteroatoms. The van der Waals surface area contributed by atoms with Crippen molar-refractivity contribution in [1.29, 1.82) is 0 Å². The highest BCUT2D eigenvalue weighted by Crippen LogP contribution is 2.21. The molecule has 1 amide bonds. The monoisotopic (exact) mass is 302 g/mol. The predicted molar refractivity (Wildman–Crippen MR) is 66.7 cm³/mol. The summed E-state index contributed by atoms with van der Waals surface area (Å²) in [6, 6.07) is 1.73. The molecule has 2 rings (SSSR count). The van der Waals surface area contributed by atoms with Gasteiger partial charge in [-0.15, -0.1) is 0 Å². The lowest BCUT2D eigenvalue weighted by molar-refractivity contribution is 0.0724. The van der Waals surface area contributed by atoms with Gasteiger partial charge in [0.25, 0.3) is 5.91 Å². The van der Waals surface area contributed by atoms with Gasteiger partial charge in [0.1, 0.15) is 5.15 Å². The molecule has 1 fully saturated rings. The molecule has 1 aromatic heterocycles. The molecule has 2 heterocycles. The van der Waals surface area contributed by atoms with Crippen LogP contribution in [0.15, 0.2) is 16.7 Å². The first kappa shape index (κ1) is 11.9. The molecule has 0 atom stereocenters. The minimum atomic E-state index is -0.0153. The molecule has 86 valence electrons. The van der Waals surface area contributed by atoms with Crippen LogP contribution in [-0.2, 0) is 0 Å². The Hall–Kier alpha value is -0.610. The number of hydrogen-bond acceptors (Lipinski definition) is 2. The molecule has 3 nitrogen and oxygen atoms in total. The highest BCUT2D eigenvalue weighted by Gasteiger charge is 2.20. The van der Waals surface area contributed by atoms with Gasteiger partial charge in [0.05, 0.1) is 5.56 Å². The van der Waals surface area contributed by atoms with Gasteiger partial charge >= 0.3 is 0 Å². The SMILES string of the molecule is O=C(c1cc(Br)cnc1Cl)N1CCCCC1. The molecule has 0 aliphatic carbocycles. The summed E-state index contributed by atoms with van der Waals surface area (Å²) < 4.78 is 0.775. The first-order chi connectivity index (χ1) is 7.68. The second kappa shape index (κ2) is 5.15. The minimum Gasteiger partial charge on any atom is -0.339 e. The number of likely N-dealkylation sites (tertiary alicyclic amines) is 1. The molecule has 1 aromatic rings. The van der Waals surface area contributed by atoms with E-state index in [1.807, 2.05) is 4.90 Å². The summed E-state index contributed by atoms with van der Waals surface area (Å²) in [7, 11) is 0. The number of nitrogens with zero attached hydrogens (tertiary/aromatic N) is 2. The summed E-state index contributed by atoms with van der Waals surface area (Å²) in [5, 5.41) is 0.277. The predicted octanol–water partition coefficient (Wildman–Crippen LogP) is 3.12. The Morgan fingerprint density at radius 3 is 2.75 bits per heavy atom. The van der Waals surface area contributed by atoms with E-state index in [0.29, 0.717) is 5.56 Å². The first-order valence-electron chi connectivity index (χ1n) is 5.29. The second-order valence-electron chi connectivity index (χ2n) is 3.84. The van der Waals surface area contributed by atoms with Crippen molar-refractivity contribution >= 4 is 33.4 Å². The van der Waals surface area contributed by atoms with Crippen molar-refractivity contribution in [3.63, 3.8) is 0 Å². The van der Waals surface area contributed by atoms with E-state index in [-0.39, 0.29) is 11.1 Å². The third-order valence-electron chi connectivity index (χ3n) is 2.68. The van der Waals surface area contributed by atoms with Crippen LogP contribution in [0, 0.1) is 0 Å². The topological polar surface area (TPSA) is 33.2 Å². The Balaban J connectivity index is 2.22. The molecule has 16 heavy (non-hydrogen) atoms.